The number of hydrogen-bond donors (Lipinski definition) is 0. The Labute approximate surface area is 123 Å². The molecule has 0 bridgehead atoms. The van der Waals surface area contributed by atoms with E-state index in [1.165, 1.54) is 44.9 Å². The van der Waals surface area contributed by atoms with E-state index < -0.39 is 0 Å². The number of rotatable bonds is 0. The van der Waals surface area contributed by atoms with Crippen molar-refractivity contribution in [2.45, 2.75) is 71.6 Å². The van der Waals surface area contributed by atoms with Crippen molar-refractivity contribution in [2.24, 2.45) is 29.1 Å². The van der Waals surface area contributed by atoms with Crippen molar-refractivity contribution in [3.05, 3.63) is 11.1 Å². The topological polar surface area (TPSA) is 17.1 Å². The molecule has 0 unspecified atom stereocenters. The van der Waals surface area contributed by atoms with Crippen LogP contribution in [0.15, 0.2) is 11.1 Å². The van der Waals surface area contributed by atoms with Gasteiger partial charge in [-0.1, -0.05) is 18.1 Å². The lowest BCUT2D eigenvalue weighted by molar-refractivity contribution is -0.132. The van der Waals surface area contributed by atoms with Crippen LogP contribution in [-0.2, 0) is 4.79 Å². The lowest BCUT2D eigenvalue weighted by Crippen LogP contribution is -2.50. The minimum absolute atomic E-state index is 0.485. The van der Waals surface area contributed by atoms with Gasteiger partial charge in [-0.15, -0.1) is 0 Å². The molecule has 1 nitrogen and oxygen atoms in total. The van der Waals surface area contributed by atoms with E-state index in [9.17, 15) is 4.79 Å². The van der Waals surface area contributed by atoms with Crippen molar-refractivity contribution >= 4 is 5.78 Å². The predicted molar refractivity (Wildman–Crippen MR) is 81.3 cm³/mol. The summed E-state index contributed by atoms with van der Waals surface area (Å²) in [6, 6.07) is 0. The second-order valence-corrected chi connectivity index (χ2v) is 8.28. The molecule has 110 valence electrons. The predicted octanol–water partition coefficient (Wildman–Crippen LogP) is 4.91. The number of carbonyl (C=O) groups excluding carboxylic acids is 1. The van der Waals surface area contributed by atoms with Crippen LogP contribution >= 0.6 is 0 Å². The van der Waals surface area contributed by atoms with Crippen LogP contribution in [0.5, 0.6) is 0 Å². The highest BCUT2D eigenvalue weighted by Crippen LogP contribution is 2.62. The molecule has 20 heavy (non-hydrogen) atoms. The van der Waals surface area contributed by atoms with Gasteiger partial charge in [-0.3, -0.25) is 4.79 Å². The van der Waals surface area contributed by atoms with E-state index in [0.29, 0.717) is 17.1 Å². The molecular weight excluding hydrogens is 244 g/mol. The molecule has 0 saturated heterocycles. The number of Topliss-reactive ketones (excluding diaryl/α,β-unsaturated/α-hetero) is 1. The van der Waals surface area contributed by atoms with Gasteiger partial charge in [-0.05, 0) is 81.0 Å². The quantitative estimate of drug-likeness (QED) is 0.573. The van der Waals surface area contributed by atoms with Gasteiger partial charge in [-0.2, -0.15) is 0 Å². The highest BCUT2D eigenvalue weighted by molar-refractivity contribution is 5.79. The van der Waals surface area contributed by atoms with Gasteiger partial charge in [0.25, 0.3) is 0 Å². The van der Waals surface area contributed by atoms with Crippen LogP contribution in [0.2, 0.25) is 0 Å². The first-order chi connectivity index (χ1) is 9.59. The fourth-order valence-electron chi connectivity index (χ4n) is 6.46. The van der Waals surface area contributed by atoms with Crippen molar-refractivity contribution < 1.29 is 4.79 Å². The first-order valence-electron chi connectivity index (χ1n) is 8.80. The maximum Gasteiger partial charge on any atom is 0.133 e. The van der Waals surface area contributed by atoms with Gasteiger partial charge in [0.1, 0.15) is 5.78 Å². The molecule has 0 aromatic rings. The van der Waals surface area contributed by atoms with Crippen LogP contribution in [0.4, 0.5) is 0 Å². The maximum absolute atomic E-state index is 11.8. The summed E-state index contributed by atoms with van der Waals surface area (Å²) in [6.45, 7) is 4.92. The summed E-state index contributed by atoms with van der Waals surface area (Å²) < 4.78 is 0. The van der Waals surface area contributed by atoms with E-state index in [4.69, 9.17) is 0 Å². The molecule has 0 heterocycles. The summed E-state index contributed by atoms with van der Waals surface area (Å²) in [7, 11) is 0. The minimum atomic E-state index is 0.485. The monoisotopic (exact) mass is 272 g/mol. The molecule has 0 aromatic heterocycles. The van der Waals surface area contributed by atoms with E-state index in [2.05, 4.69) is 13.8 Å². The zero-order valence-electron chi connectivity index (χ0n) is 13.1. The molecule has 0 aliphatic heterocycles. The molecular formula is C19H28O. The van der Waals surface area contributed by atoms with E-state index in [0.717, 1.165) is 30.6 Å². The fraction of sp³-hybridized carbons (Fsp3) is 0.842. The molecule has 4 aliphatic carbocycles. The third-order valence-electron chi connectivity index (χ3n) is 7.63. The van der Waals surface area contributed by atoms with Gasteiger partial charge in [0.05, 0.1) is 0 Å². The Hall–Kier alpha value is -0.590. The second kappa shape index (κ2) is 4.45. The van der Waals surface area contributed by atoms with Crippen LogP contribution < -0.4 is 0 Å². The van der Waals surface area contributed by atoms with Gasteiger partial charge >= 0.3 is 0 Å². The molecule has 4 aliphatic rings. The summed E-state index contributed by atoms with van der Waals surface area (Å²) in [5, 5.41) is 0. The van der Waals surface area contributed by atoms with Gasteiger partial charge in [0, 0.05) is 12.8 Å². The number of carbonyl (C=O) groups is 1. The summed E-state index contributed by atoms with van der Waals surface area (Å²) in [5.41, 5.74) is 4.05. The first-order valence-corrected chi connectivity index (χ1v) is 8.80. The molecule has 3 fully saturated rings. The average Bonchev–Trinajstić information content (AvgIpc) is 2.82. The Balaban J connectivity index is 1.64. The zero-order valence-corrected chi connectivity index (χ0v) is 13.1. The number of hydrogen-bond acceptors (Lipinski definition) is 1. The second-order valence-electron chi connectivity index (χ2n) is 8.28. The Morgan fingerprint density at radius 2 is 1.90 bits per heavy atom. The van der Waals surface area contributed by atoms with Crippen molar-refractivity contribution in [1.82, 2.24) is 0 Å². The minimum Gasteiger partial charge on any atom is -0.300 e. The van der Waals surface area contributed by atoms with Crippen LogP contribution in [-0.4, -0.2) is 5.78 Å². The molecule has 0 amide bonds. The van der Waals surface area contributed by atoms with Crippen molar-refractivity contribution in [3.63, 3.8) is 0 Å². The summed E-state index contributed by atoms with van der Waals surface area (Å²) in [6.07, 6.45) is 11.2. The SMILES string of the molecule is CC1=C2CC[C@H]3[C@H](CC[C@H]4CC(=O)CC[C@@]43C)[C@@H]2CC1. The number of allylic oxidation sites excluding steroid dienone is 2. The van der Waals surface area contributed by atoms with Crippen LogP contribution in [0.25, 0.3) is 0 Å². The van der Waals surface area contributed by atoms with Gasteiger partial charge in [-0.25, -0.2) is 0 Å². The van der Waals surface area contributed by atoms with Gasteiger partial charge in [0.2, 0.25) is 0 Å². The van der Waals surface area contributed by atoms with Crippen LogP contribution in [0, 0.1) is 29.1 Å². The number of fused-ring (bicyclic) bond motifs is 5. The standard InChI is InChI=1S/C19H28O/c1-12-3-5-16-15(12)7-8-18-17(16)6-4-13-11-14(20)9-10-19(13,18)2/h13,16-18H,3-11H2,1-2H3/t13-,16+,17+,18-,19-/m0/s1. The van der Waals surface area contributed by atoms with Crippen LogP contribution in [0.3, 0.4) is 0 Å². The summed E-state index contributed by atoms with van der Waals surface area (Å²) in [4.78, 5) is 11.8. The smallest absolute Gasteiger partial charge is 0.133 e. The first kappa shape index (κ1) is 13.1. The lowest BCUT2D eigenvalue weighted by atomic mass is 9.48. The molecule has 0 aromatic carbocycles. The van der Waals surface area contributed by atoms with E-state index in [-0.39, 0.29) is 0 Å². The zero-order chi connectivity index (χ0) is 13.9. The summed E-state index contributed by atoms with van der Waals surface area (Å²) >= 11 is 0. The van der Waals surface area contributed by atoms with E-state index >= 15 is 0 Å². The van der Waals surface area contributed by atoms with Crippen LogP contribution in [0.1, 0.15) is 71.6 Å². The molecule has 0 N–H and O–H groups in total. The molecule has 5 atom stereocenters. The fourth-order valence-corrected chi connectivity index (χ4v) is 6.46. The Morgan fingerprint density at radius 3 is 2.75 bits per heavy atom. The van der Waals surface area contributed by atoms with E-state index in [1.54, 1.807) is 5.57 Å². The highest BCUT2D eigenvalue weighted by atomic mass is 16.1. The Kier molecular flexibility index (Phi) is 2.91. The molecule has 3 saturated carbocycles. The Morgan fingerprint density at radius 1 is 1.05 bits per heavy atom. The molecule has 0 radical (unpaired) electrons. The number of ketones is 1. The maximum atomic E-state index is 11.8. The normalized spacial score (nSPS) is 47.8. The third-order valence-corrected chi connectivity index (χ3v) is 7.63. The van der Waals surface area contributed by atoms with Crippen molar-refractivity contribution in [1.29, 1.82) is 0 Å². The summed E-state index contributed by atoms with van der Waals surface area (Å²) in [5.74, 6) is 4.03. The average molecular weight is 272 g/mol. The third kappa shape index (κ3) is 1.71. The largest absolute Gasteiger partial charge is 0.300 e. The van der Waals surface area contributed by atoms with Crippen molar-refractivity contribution in [2.75, 3.05) is 0 Å². The molecule has 1 heteroatoms. The lowest BCUT2D eigenvalue weighted by Gasteiger charge is -2.57. The Bertz CT molecular complexity index is 474. The molecule has 4 rings (SSSR count). The van der Waals surface area contributed by atoms with Gasteiger partial charge < -0.3 is 0 Å². The molecule has 0 spiro atoms. The highest BCUT2D eigenvalue weighted by Gasteiger charge is 2.54. The van der Waals surface area contributed by atoms with Crippen molar-refractivity contribution in [3.8, 4) is 0 Å². The van der Waals surface area contributed by atoms with Gasteiger partial charge in [0.15, 0.2) is 0 Å². The van der Waals surface area contributed by atoms with E-state index in [1.807, 2.05) is 5.57 Å².